The smallest absolute Gasteiger partial charge is 0.227 e. The van der Waals surface area contributed by atoms with Crippen LogP contribution in [0.4, 0.5) is 0 Å². The summed E-state index contributed by atoms with van der Waals surface area (Å²) in [5.74, 6) is -0.311. The predicted octanol–water partition coefficient (Wildman–Crippen LogP) is 1.40. The van der Waals surface area contributed by atoms with E-state index >= 15 is 0 Å². The van der Waals surface area contributed by atoms with Gasteiger partial charge in [-0.3, -0.25) is 4.79 Å². The third-order valence-electron chi connectivity index (χ3n) is 3.59. The van der Waals surface area contributed by atoms with Gasteiger partial charge < -0.3 is 11.5 Å². The first kappa shape index (κ1) is 11.1. The average Bonchev–Trinajstić information content (AvgIpc) is 2.98. The van der Waals surface area contributed by atoms with Gasteiger partial charge in [0.05, 0.1) is 5.41 Å². The van der Waals surface area contributed by atoms with E-state index in [1.54, 1.807) is 0 Å². The third-order valence-corrected chi connectivity index (χ3v) is 3.59. The number of carbonyl (C=O) groups is 1. The molecule has 0 heterocycles. The van der Waals surface area contributed by atoms with Crippen LogP contribution in [0.5, 0.6) is 0 Å². The van der Waals surface area contributed by atoms with Crippen molar-refractivity contribution in [2.75, 3.05) is 0 Å². The van der Waals surface area contributed by atoms with Gasteiger partial charge in [0.2, 0.25) is 5.91 Å². The summed E-state index contributed by atoms with van der Waals surface area (Å²) in [7, 11) is 0. The van der Waals surface area contributed by atoms with Gasteiger partial charge in [-0.25, -0.2) is 0 Å². The van der Waals surface area contributed by atoms with E-state index < -0.39 is 5.41 Å². The lowest BCUT2D eigenvalue weighted by atomic mass is 9.83. The molecule has 4 N–H and O–H groups in total. The van der Waals surface area contributed by atoms with E-state index in [0.717, 1.165) is 24.0 Å². The van der Waals surface area contributed by atoms with Gasteiger partial charge in [-0.2, -0.15) is 0 Å². The molecule has 1 saturated carbocycles. The number of carbonyl (C=O) groups excluding carboxylic acids is 1. The minimum Gasteiger partial charge on any atom is -0.369 e. The Kier molecular flexibility index (Phi) is 2.31. The van der Waals surface area contributed by atoms with E-state index in [2.05, 4.69) is 0 Å². The number of benzene rings is 1. The van der Waals surface area contributed by atoms with Crippen molar-refractivity contribution >= 4 is 5.91 Å². The SMILES string of the molecule is CC(C)(C(N)=O)c1ccc(C2(N)CC2)cc1. The van der Waals surface area contributed by atoms with Gasteiger partial charge in [-0.05, 0) is 37.8 Å². The predicted molar refractivity (Wildman–Crippen MR) is 63.8 cm³/mol. The lowest BCUT2D eigenvalue weighted by Crippen LogP contribution is -2.35. The summed E-state index contributed by atoms with van der Waals surface area (Å²) in [6.45, 7) is 3.67. The Balaban J connectivity index is 2.29. The summed E-state index contributed by atoms with van der Waals surface area (Å²) in [6, 6.07) is 7.92. The molecule has 3 nitrogen and oxygen atoms in total. The molecule has 0 aromatic heterocycles. The molecule has 0 atom stereocenters. The second-order valence-electron chi connectivity index (χ2n) is 5.22. The third kappa shape index (κ3) is 1.71. The van der Waals surface area contributed by atoms with Crippen LogP contribution in [0, 0.1) is 0 Å². The summed E-state index contributed by atoms with van der Waals surface area (Å²) in [6.07, 6.45) is 2.09. The molecule has 0 saturated heterocycles. The van der Waals surface area contributed by atoms with E-state index in [1.165, 1.54) is 0 Å². The van der Waals surface area contributed by atoms with Crippen molar-refractivity contribution in [3.63, 3.8) is 0 Å². The van der Waals surface area contributed by atoms with Crippen molar-refractivity contribution < 1.29 is 4.79 Å². The second-order valence-corrected chi connectivity index (χ2v) is 5.22. The maximum absolute atomic E-state index is 11.3. The van der Waals surface area contributed by atoms with E-state index in [-0.39, 0.29) is 11.4 Å². The normalized spacial score (nSPS) is 18.2. The Morgan fingerprint density at radius 3 is 2.12 bits per heavy atom. The average molecular weight is 218 g/mol. The number of primary amides is 1. The van der Waals surface area contributed by atoms with E-state index in [1.807, 2.05) is 38.1 Å². The highest BCUT2D eigenvalue weighted by molar-refractivity contribution is 5.85. The molecule has 0 spiro atoms. The Labute approximate surface area is 95.8 Å². The van der Waals surface area contributed by atoms with Crippen LogP contribution in [0.3, 0.4) is 0 Å². The van der Waals surface area contributed by atoms with Crippen LogP contribution in [0.25, 0.3) is 0 Å². The highest BCUT2D eigenvalue weighted by atomic mass is 16.1. The zero-order chi connectivity index (χ0) is 12.0. The van der Waals surface area contributed by atoms with Gasteiger partial charge in [0.1, 0.15) is 0 Å². The molecule has 1 aliphatic rings. The zero-order valence-electron chi connectivity index (χ0n) is 9.79. The number of rotatable bonds is 3. The van der Waals surface area contributed by atoms with Crippen molar-refractivity contribution in [3.8, 4) is 0 Å². The summed E-state index contributed by atoms with van der Waals surface area (Å²) in [5, 5.41) is 0. The van der Waals surface area contributed by atoms with Gasteiger partial charge >= 0.3 is 0 Å². The topological polar surface area (TPSA) is 69.1 Å². The molecule has 2 rings (SSSR count). The van der Waals surface area contributed by atoms with Crippen molar-refractivity contribution in [2.24, 2.45) is 11.5 Å². The molecule has 1 amide bonds. The maximum Gasteiger partial charge on any atom is 0.227 e. The van der Waals surface area contributed by atoms with Crippen LogP contribution in [0.2, 0.25) is 0 Å². The molecule has 1 aromatic rings. The molecule has 1 aliphatic carbocycles. The number of amides is 1. The van der Waals surface area contributed by atoms with Gasteiger partial charge in [0.25, 0.3) is 0 Å². The van der Waals surface area contributed by atoms with Crippen LogP contribution >= 0.6 is 0 Å². The minimum atomic E-state index is -0.621. The minimum absolute atomic E-state index is 0.116. The van der Waals surface area contributed by atoms with Crippen molar-refractivity contribution in [1.29, 1.82) is 0 Å². The van der Waals surface area contributed by atoms with Crippen LogP contribution in [0.1, 0.15) is 37.8 Å². The molecule has 86 valence electrons. The van der Waals surface area contributed by atoms with Gasteiger partial charge in [-0.15, -0.1) is 0 Å². The highest BCUT2D eigenvalue weighted by Gasteiger charge is 2.40. The molecule has 1 fully saturated rings. The Hall–Kier alpha value is -1.35. The largest absolute Gasteiger partial charge is 0.369 e. The van der Waals surface area contributed by atoms with Crippen molar-refractivity contribution in [1.82, 2.24) is 0 Å². The van der Waals surface area contributed by atoms with Crippen LogP contribution < -0.4 is 11.5 Å². The molecular weight excluding hydrogens is 200 g/mol. The first-order valence-electron chi connectivity index (χ1n) is 5.56. The molecule has 0 radical (unpaired) electrons. The van der Waals surface area contributed by atoms with Gasteiger partial charge in [0, 0.05) is 5.54 Å². The van der Waals surface area contributed by atoms with E-state index in [0.29, 0.717) is 0 Å². The Morgan fingerprint density at radius 1 is 1.25 bits per heavy atom. The van der Waals surface area contributed by atoms with Gasteiger partial charge in [-0.1, -0.05) is 24.3 Å². The molecule has 0 aliphatic heterocycles. The fourth-order valence-electron chi connectivity index (χ4n) is 1.78. The number of nitrogens with two attached hydrogens (primary N) is 2. The molecule has 0 bridgehead atoms. The van der Waals surface area contributed by atoms with Crippen LogP contribution in [0.15, 0.2) is 24.3 Å². The summed E-state index contributed by atoms with van der Waals surface area (Å²) in [5.41, 5.74) is 12.8. The monoisotopic (exact) mass is 218 g/mol. The molecule has 0 unspecified atom stereocenters. The van der Waals surface area contributed by atoms with Crippen molar-refractivity contribution in [2.45, 2.75) is 37.6 Å². The molecular formula is C13H18N2O. The fraction of sp³-hybridized carbons (Fsp3) is 0.462. The Bertz CT molecular complexity index is 416. The first-order valence-corrected chi connectivity index (χ1v) is 5.56. The highest BCUT2D eigenvalue weighted by Crippen LogP contribution is 2.42. The number of hydrogen-bond donors (Lipinski definition) is 2. The molecule has 3 heteroatoms. The van der Waals surface area contributed by atoms with Crippen LogP contribution in [-0.4, -0.2) is 5.91 Å². The Morgan fingerprint density at radius 2 is 1.75 bits per heavy atom. The molecule has 16 heavy (non-hydrogen) atoms. The molecule has 1 aromatic carbocycles. The summed E-state index contributed by atoms with van der Waals surface area (Å²) >= 11 is 0. The summed E-state index contributed by atoms with van der Waals surface area (Å²) < 4.78 is 0. The van der Waals surface area contributed by atoms with Gasteiger partial charge in [0.15, 0.2) is 0 Å². The summed E-state index contributed by atoms with van der Waals surface area (Å²) in [4.78, 5) is 11.3. The lowest BCUT2D eigenvalue weighted by Gasteiger charge is -2.21. The quantitative estimate of drug-likeness (QED) is 0.805. The second kappa shape index (κ2) is 3.32. The first-order chi connectivity index (χ1) is 7.36. The maximum atomic E-state index is 11.3. The van der Waals surface area contributed by atoms with Crippen LogP contribution in [-0.2, 0) is 15.7 Å². The number of hydrogen-bond acceptors (Lipinski definition) is 2. The van der Waals surface area contributed by atoms with E-state index in [4.69, 9.17) is 11.5 Å². The zero-order valence-corrected chi connectivity index (χ0v) is 9.79. The van der Waals surface area contributed by atoms with E-state index in [9.17, 15) is 4.79 Å². The fourth-order valence-corrected chi connectivity index (χ4v) is 1.78. The van der Waals surface area contributed by atoms with Crippen molar-refractivity contribution in [3.05, 3.63) is 35.4 Å². The lowest BCUT2D eigenvalue weighted by molar-refractivity contribution is -0.122. The standard InChI is InChI=1S/C13H18N2O/c1-12(2,11(14)16)9-3-5-10(6-4-9)13(15)7-8-13/h3-6H,7-8,15H2,1-2H3,(H2,14,16).